The van der Waals surface area contributed by atoms with Gasteiger partial charge in [0.2, 0.25) is 0 Å². The van der Waals surface area contributed by atoms with Crippen LogP contribution in [-0.2, 0) is 6.54 Å². The van der Waals surface area contributed by atoms with E-state index in [1.807, 2.05) is 12.1 Å². The Bertz CT molecular complexity index is 1180. The third-order valence-electron chi connectivity index (χ3n) is 4.25. The standard InChI is InChI=1S/C21H15ClFN3O2S/c1-28-18-8-5-13(22)10-16(18)20(27)26(12-15-4-2-3-9-24-15)21-25-17-7-6-14(23)11-19(17)29-21/h2-11H,12H2,1H3. The Labute approximate surface area is 175 Å². The van der Waals surface area contributed by atoms with Crippen molar-refractivity contribution in [1.29, 1.82) is 0 Å². The molecule has 2 aromatic heterocycles. The van der Waals surface area contributed by atoms with Crippen LogP contribution in [0.5, 0.6) is 5.75 Å². The normalized spacial score (nSPS) is 10.9. The number of carbonyl (C=O) groups is 1. The zero-order valence-corrected chi connectivity index (χ0v) is 16.9. The van der Waals surface area contributed by atoms with Crippen LogP contribution in [-0.4, -0.2) is 23.0 Å². The van der Waals surface area contributed by atoms with E-state index >= 15 is 0 Å². The van der Waals surface area contributed by atoms with Gasteiger partial charge < -0.3 is 4.74 Å². The molecule has 4 rings (SSSR count). The molecule has 0 spiro atoms. The molecule has 0 fully saturated rings. The summed E-state index contributed by atoms with van der Waals surface area (Å²) in [5, 5.41) is 0.849. The maximum absolute atomic E-state index is 13.6. The molecule has 8 heteroatoms. The minimum absolute atomic E-state index is 0.192. The Morgan fingerprint density at radius 2 is 2.07 bits per heavy atom. The van der Waals surface area contributed by atoms with Gasteiger partial charge in [-0.25, -0.2) is 9.37 Å². The van der Waals surface area contributed by atoms with Crippen molar-refractivity contribution in [2.75, 3.05) is 12.0 Å². The first kappa shape index (κ1) is 19.3. The molecular weight excluding hydrogens is 413 g/mol. The molecule has 0 saturated heterocycles. The van der Waals surface area contributed by atoms with Gasteiger partial charge >= 0.3 is 0 Å². The van der Waals surface area contributed by atoms with Gasteiger partial charge in [-0.2, -0.15) is 0 Å². The van der Waals surface area contributed by atoms with Gasteiger partial charge in [-0.3, -0.25) is 14.7 Å². The number of rotatable bonds is 5. The van der Waals surface area contributed by atoms with Crippen molar-refractivity contribution in [3.05, 3.63) is 82.9 Å². The summed E-state index contributed by atoms with van der Waals surface area (Å²) in [5.74, 6) is -0.293. The molecule has 0 bridgehead atoms. The number of carbonyl (C=O) groups excluding carboxylic acids is 1. The molecule has 146 valence electrons. The topological polar surface area (TPSA) is 55.3 Å². The first-order valence-electron chi connectivity index (χ1n) is 8.66. The minimum atomic E-state index is -0.355. The fraction of sp³-hybridized carbons (Fsp3) is 0.0952. The zero-order valence-electron chi connectivity index (χ0n) is 15.3. The third kappa shape index (κ3) is 4.06. The van der Waals surface area contributed by atoms with Crippen molar-refractivity contribution >= 4 is 44.2 Å². The largest absolute Gasteiger partial charge is 0.496 e. The highest BCUT2D eigenvalue weighted by atomic mass is 35.5. The third-order valence-corrected chi connectivity index (χ3v) is 5.53. The molecule has 0 aliphatic heterocycles. The summed E-state index contributed by atoms with van der Waals surface area (Å²) in [6.07, 6.45) is 1.66. The summed E-state index contributed by atoms with van der Waals surface area (Å²) < 4.78 is 19.6. The molecule has 29 heavy (non-hydrogen) atoms. The second-order valence-electron chi connectivity index (χ2n) is 6.17. The molecule has 4 aromatic rings. The molecule has 2 heterocycles. The second-order valence-corrected chi connectivity index (χ2v) is 7.61. The van der Waals surface area contributed by atoms with Crippen LogP contribution in [0.15, 0.2) is 60.8 Å². The van der Waals surface area contributed by atoms with Gasteiger partial charge in [-0.1, -0.05) is 29.0 Å². The predicted molar refractivity (Wildman–Crippen MR) is 112 cm³/mol. The maximum atomic E-state index is 13.6. The van der Waals surface area contributed by atoms with Crippen LogP contribution >= 0.6 is 22.9 Å². The number of nitrogens with zero attached hydrogens (tertiary/aromatic N) is 3. The number of hydrogen-bond acceptors (Lipinski definition) is 5. The Morgan fingerprint density at radius 1 is 1.21 bits per heavy atom. The van der Waals surface area contributed by atoms with E-state index < -0.39 is 0 Å². The van der Waals surface area contributed by atoms with Crippen LogP contribution < -0.4 is 9.64 Å². The molecule has 1 amide bonds. The fourth-order valence-corrected chi connectivity index (χ4v) is 4.03. The Kier molecular flexibility index (Phi) is 5.42. The fourth-order valence-electron chi connectivity index (χ4n) is 2.87. The molecular formula is C21H15ClFN3O2S. The summed E-state index contributed by atoms with van der Waals surface area (Å²) in [4.78, 5) is 23.8. The molecule has 0 aliphatic rings. The van der Waals surface area contributed by atoms with Crippen LogP contribution in [0.3, 0.4) is 0 Å². The average Bonchev–Trinajstić information content (AvgIpc) is 3.15. The number of benzene rings is 2. The van der Waals surface area contributed by atoms with E-state index in [0.29, 0.717) is 37.4 Å². The van der Waals surface area contributed by atoms with Gasteiger partial charge in [-0.15, -0.1) is 0 Å². The van der Waals surface area contributed by atoms with Crippen molar-refractivity contribution < 1.29 is 13.9 Å². The monoisotopic (exact) mass is 427 g/mol. The number of pyridine rings is 1. The van der Waals surface area contributed by atoms with Gasteiger partial charge in [0.1, 0.15) is 11.6 Å². The predicted octanol–water partition coefficient (Wildman–Crippen LogP) is 5.34. The van der Waals surface area contributed by atoms with E-state index in [1.54, 1.807) is 36.5 Å². The summed E-state index contributed by atoms with van der Waals surface area (Å²) in [5.41, 5.74) is 1.61. The first-order valence-corrected chi connectivity index (χ1v) is 9.86. The number of ether oxygens (including phenoxy) is 1. The molecule has 0 N–H and O–H groups in total. The van der Waals surface area contributed by atoms with Crippen molar-refractivity contribution in [2.45, 2.75) is 6.54 Å². The number of aromatic nitrogens is 2. The van der Waals surface area contributed by atoms with Crippen molar-refractivity contribution in [1.82, 2.24) is 9.97 Å². The van der Waals surface area contributed by atoms with E-state index in [0.717, 1.165) is 0 Å². The Morgan fingerprint density at radius 3 is 2.83 bits per heavy atom. The summed E-state index contributed by atoms with van der Waals surface area (Å²) in [6, 6.07) is 14.7. The van der Waals surface area contributed by atoms with Crippen molar-refractivity contribution in [3.8, 4) is 5.75 Å². The average molecular weight is 428 g/mol. The number of fused-ring (bicyclic) bond motifs is 1. The summed E-state index contributed by atoms with van der Waals surface area (Å²) >= 11 is 7.35. The van der Waals surface area contributed by atoms with E-state index in [4.69, 9.17) is 16.3 Å². The van der Waals surface area contributed by atoms with Gasteiger partial charge in [0.15, 0.2) is 5.13 Å². The van der Waals surface area contributed by atoms with Crippen LogP contribution in [0.1, 0.15) is 16.1 Å². The summed E-state index contributed by atoms with van der Waals surface area (Å²) in [7, 11) is 1.49. The van der Waals surface area contributed by atoms with E-state index in [2.05, 4.69) is 9.97 Å². The highest BCUT2D eigenvalue weighted by molar-refractivity contribution is 7.22. The van der Waals surface area contributed by atoms with Crippen molar-refractivity contribution in [2.24, 2.45) is 0 Å². The van der Waals surface area contributed by atoms with Crippen LogP contribution in [0, 0.1) is 5.82 Å². The van der Waals surface area contributed by atoms with Gasteiger partial charge in [0, 0.05) is 11.2 Å². The highest BCUT2D eigenvalue weighted by Gasteiger charge is 2.25. The molecule has 0 saturated carbocycles. The molecule has 0 atom stereocenters. The molecule has 0 aliphatic carbocycles. The highest BCUT2D eigenvalue weighted by Crippen LogP contribution is 2.33. The van der Waals surface area contributed by atoms with Gasteiger partial charge in [0.25, 0.3) is 5.91 Å². The van der Waals surface area contributed by atoms with Crippen LogP contribution in [0.4, 0.5) is 9.52 Å². The smallest absolute Gasteiger partial charge is 0.264 e. The molecule has 2 aromatic carbocycles. The number of methoxy groups -OCH3 is 1. The first-order chi connectivity index (χ1) is 14.0. The zero-order chi connectivity index (χ0) is 20.4. The lowest BCUT2D eigenvalue weighted by Crippen LogP contribution is -2.31. The minimum Gasteiger partial charge on any atom is -0.496 e. The van der Waals surface area contributed by atoms with Crippen molar-refractivity contribution in [3.63, 3.8) is 0 Å². The summed E-state index contributed by atoms with van der Waals surface area (Å²) in [6.45, 7) is 0.192. The number of halogens is 2. The maximum Gasteiger partial charge on any atom is 0.264 e. The lowest BCUT2D eigenvalue weighted by Gasteiger charge is -2.21. The van der Waals surface area contributed by atoms with Gasteiger partial charge in [-0.05, 0) is 48.5 Å². The SMILES string of the molecule is COc1ccc(Cl)cc1C(=O)N(Cc1ccccn1)c1nc2ccc(F)cc2s1. The quantitative estimate of drug-likeness (QED) is 0.431. The molecule has 0 unspecified atom stereocenters. The van der Waals surface area contributed by atoms with E-state index in [9.17, 15) is 9.18 Å². The Balaban J connectivity index is 1.81. The number of amides is 1. The second kappa shape index (κ2) is 8.14. The lowest BCUT2D eigenvalue weighted by molar-refractivity contribution is 0.0982. The van der Waals surface area contributed by atoms with E-state index in [1.165, 1.54) is 35.5 Å². The van der Waals surface area contributed by atoms with Gasteiger partial charge in [0.05, 0.1) is 35.1 Å². The van der Waals surface area contributed by atoms with E-state index in [-0.39, 0.29) is 18.3 Å². The number of thiazole rings is 1. The number of hydrogen-bond donors (Lipinski definition) is 0. The van der Waals surface area contributed by atoms with Crippen LogP contribution in [0.25, 0.3) is 10.2 Å². The molecule has 5 nitrogen and oxygen atoms in total. The molecule has 0 radical (unpaired) electrons. The number of anilines is 1. The Hall–Kier alpha value is -3.03. The van der Waals surface area contributed by atoms with Crippen LogP contribution in [0.2, 0.25) is 5.02 Å². The lowest BCUT2D eigenvalue weighted by atomic mass is 10.1.